The number of hydrogen-bond acceptors (Lipinski definition) is 2. The van der Waals surface area contributed by atoms with Crippen molar-refractivity contribution < 1.29 is 19.1 Å². The van der Waals surface area contributed by atoms with Crippen molar-refractivity contribution in [1.29, 1.82) is 0 Å². The molecule has 0 atom stereocenters. The number of carboxylic acid groups (broad SMARTS) is 1. The minimum atomic E-state index is -1.06. The number of amides is 1. The van der Waals surface area contributed by atoms with Crippen molar-refractivity contribution in [2.75, 3.05) is 11.9 Å². The number of halogens is 2. The number of hydrogen-bond donors (Lipinski definition) is 1. The Morgan fingerprint density at radius 2 is 1.76 bits per heavy atom. The zero-order valence-corrected chi connectivity index (χ0v) is 11.8. The van der Waals surface area contributed by atoms with Crippen molar-refractivity contribution in [2.45, 2.75) is 0 Å². The van der Waals surface area contributed by atoms with Crippen molar-refractivity contribution >= 4 is 29.2 Å². The molecule has 0 saturated heterocycles. The van der Waals surface area contributed by atoms with Crippen LogP contribution in [0.1, 0.15) is 20.7 Å². The Bertz CT molecular complexity index is 701. The molecule has 4 nitrogen and oxygen atoms in total. The third-order valence-corrected chi connectivity index (χ3v) is 3.28. The van der Waals surface area contributed by atoms with Gasteiger partial charge in [0.15, 0.2) is 5.82 Å². The Morgan fingerprint density at radius 1 is 1.14 bits per heavy atom. The Balaban J connectivity index is 2.30. The van der Waals surface area contributed by atoms with E-state index in [1.807, 2.05) is 0 Å². The summed E-state index contributed by atoms with van der Waals surface area (Å²) < 4.78 is 13.8. The molecule has 0 aromatic heterocycles. The molecular formula is C15H11ClFNO3. The minimum absolute atomic E-state index is 0.105. The second-order valence-corrected chi connectivity index (χ2v) is 4.72. The zero-order valence-electron chi connectivity index (χ0n) is 11.0. The number of carbonyl (C=O) groups is 2. The molecule has 0 radical (unpaired) electrons. The van der Waals surface area contributed by atoms with Crippen molar-refractivity contribution in [3.05, 3.63) is 64.4 Å². The summed E-state index contributed by atoms with van der Waals surface area (Å²) in [6.07, 6.45) is 0. The molecule has 0 aliphatic rings. The Hall–Kier alpha value is -2.40. The zero-order chi connectivity index (χ0) is 15.6. The molecule has 21 heavy (non-hydrogen) atoms. The summed E-state index contributed by atoms with van der Waals surface area (Å²) in [5, 5.41) is 8.69. The predicted octanol–water partition coefficient (Wildman–Crippen LogP) is 3.45. The monoisotopic (exact) mass is 307 g/mol. The van der Waals surface area contributed by atoms with Gasteiger partial charge in [-0.15, -0.1) is 0 Å². The molecule has 1 N–H and O–H groups in total. The lowest BCUT2D eigenvalue weighted by atomic mass is 10.1. The number of carboxylic acids is 1. The summed E-state index contributed by atoms with van der Waals surface area (Å²) in [6, 6.07) is 9.88. The van der Waals surface area contributed by atoms with E-state index in [0.29, 0.717) is 5.69 Å². The van der Waals surface area contributed by atoms with Gasteiger partial charge in [-0.2, -0.15) is 0 Å². The van der Waals surface area contributed by atoms with Crippen LogP contribution in [-0.2, 0) is 0 Å². The first-order chi connectivity index (χ1) is 9.91. The fraction of sp³-hybridized carbons (Fsp3) is 0.0667. The van der Waals surface area contributed by atoms with Gasteiger partial charge < -0.3 is 10.0 Å². The molecule has 0 bridgehead atoms. The van der Waals surface area contributed by atoms with Crippen molar-refractivity contribution in [2.24, 2.45) is 0 Å². The summed E-state index contributed by atoms with van der Waals surface area (Å²) in [6.45, 7) is 0. The SMILES string of the molecule is CN(C(=O)c1cccc(Cl)c1F)c1ccc(C(=O)O)cc1. The van der Waals surface area contributed by atoms with E-state index in [9.17, 15) is 14.0 Å². The first-order valence-electron chi connectivity index (χ1n) is 5.97. The second-order valence-electron chi connectivity index (χ2n) is 4.32. The lowest BCUT2D eigenvalue weighted by Crippen LogP contribution is -2.27. The van der Waals surface area contributed by atoms with E-state index in [4.69, 9.17) is 16.7 Å². The standard InChI is InChI=1S/C15H11ClFNO3/c1-18(10-7-5-9(6-8-10)15(20)21)14(19)11-3-2-4-12(16)13(11)17/h2-8H,1H3,(H,20,21). The van der Waals surface area contributed by atoms with Gasteiger partial charge in [0.25, 0.3) is 5.91 Å². The van der Waals surface area contributed by atoms with E-state index >= 15 is 0 Å². The topological polar surface area (TPSA) is 57.6 Å². The lowest BCUT2D eigenvalue weighted by Gasteiger charge is -2.18. The summed E-state index contributed by atoms with van der Waals surface area (Å²) in [5.41, 5.74) is 0.408. The van der Waals surface area contributed by atoms with Gasteiger partial charge in [-0.3, -0.25) is 4.79 Å². The van der Waals surface area contributed by atoms with Crippen LogP contribution in [0.2, 0.25) is 5.02 Å². The van der Waals surface area contributed by atoms with E-state index in [0.717, 1.165) is 0 Å². The molecular weight excluding hydrogens is 297 g/mol. The van der Waals surface area contributed by atoms with Gasteiger partial charge in [-0.05, 0) is 36.4 Å². The number of anilines is 1. The highest BCUT2D eigenvalue weighted by Gasteiger charge is 2.19. The smallest absolute Gasteiger partial charge is 0.335 e. The average Bonchev–Trinajstić information content (AvgIpc) is 2.48. The van der Waals surface area contributed by atoms with Gasteiger partial charge in [0.05, 0.1) is 16.1 Å². The number of aromatic carboxylic acids is 1. The van der Waals surface area contributed by atoms with E-state index in [1.165, 1.54) is 54.4 Å². The highest BCUT2D eigenvalue weighted by atomic mass is 35.5. The van der Waals surface area contributed by atoms with Crippen molar-refractivity contribution in [3.63, 3.8) is 0 Å². The first kappa shape index (κ1) is 15.0. The van der Waals surface area contributed by atoms with Crippen LogP contribution in [0.15, 0.2) is 42.5 Å². The molecule has 0 heterocycles. The summed E-state index contributed by atoms with van der Waals surface area (Å²) in [5.74, 6) is -2.41. The normalized spacial score (nSPS) is 10.2. The molecule has 108 valence electrons. The summed E-state index contributed by atoms with van der Waals surface area (Å²) >= 11 is 5.65. The Kier molecular flexibility index (Phi) is 4.23. The van der Waals surface area contributed by atoms with Crippen molar-refractivity contribution in [1.82, 2.24) is 0 Å². The molecule has 2 aromatic rings. The predicted molar refractivity (Wildman–Crippen MR) is 77.5 cm³/mol. The largest absolute Gasteiger partial charge is 0.478 e. The molecule has 2 aromatic carbocycles. The van der Waals surface area contributed by atoms with Crippen LogP contribution in [0.4, 0.5) is 10.1 Å². The number of benzene rings is 2. The van der Waals surface area contributed by atoms with Gasteiger partial charge in [-0.1, -0.05) is 17.7 Å². The van der Waals surface area contributed by atoms with Crippen LogP contribution in [0.5, 0.6) is 0 Å². The minimum Gasteiger partial charge on any atom is -0.478 e. The molecule has 0 saturated carbocycles. The fourth-order valence-corrected chi connectivity index (χ4v) is 1.97. The van der Waals surface area contributed by atoms with Crippen LogP contribution in [0.3, 0.4) is 0 Å². The quantitative estimate of drug-likeness (QED) is 0.945. The van der Waals surface area contributed by atoms with Gasteiger partial charge in [-0.25, -0.2) is 9.18 Å². The fourth-order valence-electron chi connectivity index (χ4n) is 1.79. The first-order valence-corrected chi connectivity index (χ1v) is 6.35. The van der Waals surface area contributed by atoms with Crippen LogP contribution < -0.4 is 4.90 Å². The Labute approximate surface area is 125 Å². The highest BCUT2D eigenvalue weighted by Crippen LogP contribution is 2.22. The molecule has 0 aliphatic carbocycles. The van der Waals surface area contributed by atoms with Crippen LogP contribution >= 0.6 is 11.6 Å². The molecule has 0 unspecified atom stereocenters. The van der Waals surface area contributed by atoms with Gasteiger partial charge >= 0.3 is 5.97 Å². The lowest BCUT2D eigenvalue weighted by molar-refractivity contribution is 0.0696. The molecule has 0 aliphatic heterocycles. The van der Waals surface area contributed by atoms with Crippen LogP contribution in [0.25, 0.3) is 0 Å². The van der Waals surface area contributed by atoms with Gasteiger partial charge in [0, 0.05) is 12.7 Å². The maximum atomic E-state index is 13.8. The highest BCUT2D eigenvalue weighted by molar-refractivity contribution is 6.31. The maximum Gasteiger partial charge on any atom is 0.335 e. The van der Waals surface area contributed by atoms with Crippen LogP contribution in [0, 0.1) is 5.82 Å². The van der Waals surface area contributed by atoms with Gasteiger partial charge in [0.2, 0.25) is 0 Å². The Morgan fingerprint density at radius 3 is 2.33 bits per heavy atom. The van der Waals surface area contributed by atoms with E-state index in [1.54, 1.807) is 0 Å². The average molecular weight is 308 g/mol. The third-order valence-electron chi connectivity index (χ3n) is 2.99. The van der Waals surface area contributed by atoms with Gasteiger partial charge in [0.1, 0.15) is 0 Å². The van der Waals surface area contributed by atoms with Crippen LogP contribution in [-0.4, -0.2) is 24.0 Å². The third kappa shape index (κ3) is 3.03. The number of nitrogens with zero attached hydrogens (tertiary/aromatic N) is 1. The van der Waals surface area contributed by atoms with E-state index < -0.39 is 17.7 Å². The molecule has 0 fully saturated rings. The summed E-state index contributed by atoms with van der Waals surface area (Å²) in [4.78, 5) is 24.2. The number of carbonyl (C=O) groups excluding carboxylic acids is 1. The van der Waals surface area contributed by atoms with E-state index in [2.05, 4.69) is 0 Å². The summed E-state index contributed by atoms with van der Waals surface area (Å²) in [7, 11) is 1.47. The molecule has 6 heteroatoms. The number of rotatable bonds is 3. The maximum absolute atomic E-state index is 13.8. The van der Waals surface area contributed by atoms with E-state index in [-0.39, 0.29) is 16.1 Å². The van der Waals surface area contributed by atoms with Crippen molar-refractivity contribution in [3.8, 4) is 0 Å². The molecule has 0 spiro atoms. The molecule has 1 amide bonds. The molecule has 2 rings (SSSR count). The second kappa shape index (κ2) is 5.93.